The predicted molar refractivity (Wildman–Crippen MR) is 124 cm³/mol. The maximum Gasteiger partial charge on any atom is 0.408 e. The normalized spacial score (nSPS) is 20.8. The molecule has 2 amide bonds. The van der Waals surface area contributed by atoms with Gasteiger partial charge in [0.1, 0.15) is 18.2 Å². The van der Waals surface area contributed by atoms with Gasteiger partial charge in [-0.2, -0.15) is 0 Å². The Morgan fingerprint density at radius 3 is 2.53 bits per heavy atom. The maximum absolute atomic E-state index is 13.6. The molecule has 7 nitrogen and oxygen atoms in total. The third kappa shape index (κ3) is 7.24. The molecule has 1 saturated heterocycles. The highest BCUT2D eigenvalue weighted by atomic mass is 16.6. The third-order valence-electron chi connectivity index (χ3n) is 6.02. The summed E-state index contributed by atoms with van der Waals surface area (Å²) in [6.07, 6.45) is 8.18. The Labute approximate surface area is 191 Å². The lowest BCUT2D eigenvalue weighted by molar-refractivity contribution is -0.135. The fraction of sp³-hybridized carbons (Fsp3) is 0.640. The number of alkyl carbamates (subject to hydrolysis) is 1. The first-order valence-electron chi connectivity index (χ1n) is 11.8. The quantitative estimate of drug-likeness (QED) is 0.491. The minimum Gasteiger partial charge on any atom is -0.444 e. The van der Waals surface area contributed by atoms with Crippen molar-refractivity contribution < 1.29 is 19.2 Å². The summed E-state index contributed by atoms with van der Waals surface area (Å²) in [6, 6.07) is 9.17. The molecular formula is C25H37N3O4. The van der Waals surface area contributed by atoms with Gasteiger partial charge in [-0.1, -0.05) is 54.8 Å². The molecule has 0 bridgehead atoms. The van der Waals surface area contributed by atoms with Crippen molar-refractivity contribution in [3.63, 3.8) is 0 Å². The number of hydrogen-bond donors (Lipinski definition) is 1. The number of hydrogen-bond acceptors (Lipinski definition) is 5. The second-order valence-electron chi connectivity index (χ2n) is 9.78. The summed E-state index contributed by atoms with van der Waals surface area (Å²) in [6.45, 7) is 6.53. The van der Waals surface area contributed by atoms with Gasteiger partial charge in [-0.15, -0.1) is 0 Å². The van der Waals surface area contributed by atoms with Crippen LogP contribution in [0.5, 0.6) is 0 Å². The number of carbonyl (C=O) groups is 2. The number of likely N-dealkylation sites (tertiary alicyclic amines) is 1. The Bertz CT molecular complexity index is 769. The van der Waals surface area contributed by atoms with Crippen molar-refractivity contribution in [2.75, 3.05) is 6.54 Å². The molecule has 1 saturated carbocycles. The molecule has 1 aromatic rings. The Kier molecular flexibility index (Phi) is 8.53. The summed E-state index contributed by atoms with van der Waals surface area (Å²) in [7, 11) is 0. The summed E-state index contributed by atoms with van der Waals surface area (Å²) in [5, 5.41) is 7.03. The van der Waals surface area contributed by atoms with Crippen LogP contribution in [-0.4, -0.2) is 47.3 Å². The molecule has 32 heavy (non-hydrogen) atoms. The van der Waals surface area contributed by atoms with Gasteiger partial charge in [0.15, 0.2) is 0 Å². The summed E-state index contributed by atoms with van der Waals surface area (Å²) >= 11 is 0. The van der Waals surface area contributed by atoms with Crippen LogP contribution in [0.2, 0.25) is 0 Å². The van der Waals surface area contributed by atoms with Crippen LogP contribution in [0.15, 0.2) is 35.5 Å². The first-order chi connectivity index (χ1) is 15.3. The summed E-state index contributed by atoms with van der Waals surface area (Å²) in [5.74, 6) is 0.0936. The zero-order chi connectivity index (χ0) is 23.0. The molecule has 7 heteroatoms. The monoisotopic (exact) mass is 443 g/mol. The third-order valence-corrected chi connectivity index (χ3v) is 6.02. The summed E-state index contributed by atoms with van der Waals surface area (Å²) < 4.78 is 5.45. The van der Waals surface area contributed by atoms with E-state index in [0.29, 0.717) is 13.2 Å². The van der Waals surface area contributed by atoms with Gasteiger partial charge in [0.05, 0.1) is 12.3 Å². The van der Waals surface area contributed by atoms with Crippen molar-refractivity contribution in [2.45, 2.75) is 90.0 Å². The van der Waals surface area contributed by atoms with Crippen molar-refractivity contribution in [2.24, 2.45) is 11.1 Å². The van der Waals surface area contributed by atoms with E-state index in [9.17, 15) is 9.59 Å². The van der Waals surface area contributed by atoms with E-state index in [1.54, 1.807) is 6.21 Å². The van der Waals surface area contributed by atoms with E-state index < -0.39 is 17.7 Å². The lowest BCUT2D eigenvalue weighted by atomic mass is 9.83. The van der Waals surface area contributed by atoms with Crippen LogP contribution < -0.4 is 5.32 Å². The lowest BCUT2D eigenvalue weighted by Crippen LogP contribution is -2.54. The van der Waals surface area contributed by atoms with Gasteiger partial charge in [0.2, 0.25) is 5.91 Å². The van der Waals surface area contributed by atoms with Crippen LogP contribution in [0.3, 0.4) is 0 Å². The molecule has 0 radical (unpaired) electrons. The molecule has 1 aromatic carbocycles. The Morgan fingerprint density at radius 2 is 1.84 bits per heavy atom. The molecule has 176 valence electrons. The molecule has 2 atom stereocenters. The molecular weight excluding hydrogens is 406 g/mol. The number of amides is 2. The van der Waals surface area contributed by atoms with E-state index in [0.717, 1.165) is 44.1 Å². The van der Waals surface area contributed by atoms with Crippen LogP contribution in [0, 0.1) is 5.92 Å². The van der Waals surface area contributed by atoms with Crippen LogP contribution in [0.4, 0.5) is 4.79 Å². The SMILES string of the molecule is CC(C)(C)OC(=O)N[C@H](C(=O)N1CCCC1/C=N/OCc1ccccc1)C1CCCCC1. The highest BCUT2D eigenvalue weighted by Crippen LogP contribution is 2.29. The molecule has 1 aliphatic heterocycles. The molecule has 2 aliphatic rings. The molecule has 0 aromatic heterocycles. The van der Waals surface area contributed by atoms with Crippen LogP contribution in [0.25, 0.3) is 0 Å². The minimum atomic E-state index is -0.608. The summed E-state index contributed by atoms with van der Waals surface area (Å²) in [5.41, 5.74) is 0.436. The van der Waals surface area contributed by atoms with Gasteiger partial charge < -0.3 is 19.8 Å². The fourth-order valence-corrected chi connectivity index (χ4v) is 4.48. The molecule has 0 spiro atoms. The van der Waals surface area contributed by atoms with Crippen LogP contribution >= 0.6 is 0 Å². The molecule has 3 rings (SSSR count). The average Bonchev–Trinajstić information content (AvgIpc) is 3.23. The van der Waals surface area contributed by atoms with Crippen molar-refractivity contribution >= 4 is 18.2 Å². The maximum atomic E-state index is 13.6. The number of nitrogens with zero attached hydrogens (tertiary/aromatic N) is 2. The van der Waals surface area contributed by atoms with Gasteiger partial charge in [0, 0.05) is 6.54 Å². The largest absolute Gasteiger partial charge is 0.444 e. The first-order valence-corrected chi connectivity index (χ1v) is 11.8. The van der Waals surface area contributed by atoms with E-state index in [2.05, 4.69) is 10.5 Å². The van der Waals surface area contributed by atoms with E-state index >= 15 is 0 Å². The second kappa shape index (κ2) is 11.3. The van der Waals surface area contributed by atoms with E-state index in [4.69, 9.17) is 9.57 Å². The van der Waals surface area contributed by atoms with Crippen molar-refractivity contribution in [3.8, 4) is 0 Å². The van der Waals surface area contributed by atoms with Gasteiger partial charge in [-0.3, -0.25) is 4.79 Å². The standard InChI is InChI=1S/C25H37N3O4/c1-25(2,3)32-24(30)27-22(20-13-8-5-9-14-20)23(29)28-16-10-15-21(28)17-26-31-18-19-11-6-4-7-12-19/h4,6-7,11-12,17,20-22H,5,8-10,13-16,18H2,1-3H3,(H,27,30)/b26-17+/t21?,22-/m0/s1. The number of nitrogens with one attached hydrogen (secondary N) is 1. The zero-order valence-corrected chi connectivity index (χ0v) is 19.6. The first kappa shape index (κ1) is 24.1. The lowest BCUT2D eigenvalue weighted by Gasteiger charge is -2.34. The Balaban J connectivity index is 1.63. The fourth-order valence-electron chi connectivity index (χ4n) is 4.48. The van der Waals surface area contributed by atoms with Crippen molar-refractivity contribution in [1.82, 2.24) is 10.2 Å². The second-order valence-corrected chi connectivity index (χ2v) is 9.78. The van der Waals surface area contributed by atoms with Crippen molar-refractivity contribution in [1.29, 1.82) is 0 Å². The molecule has 2 fully saturated rings. The number of ether oxygens (including phenoxy) is 1. The van der Waals surface area contributed by atoms with Gasteiger partial charge in [-0.25, -0.2) is 4.79 Å². The van der Waals surface area contributed by atoms with Gasteiger partial charge >= 0.3 is 6.09 Å². The van der Waals surface area contributed by atoms with Crippen molar-refractivity contribution in [3.05, 3.63) is 35.9 Å². The van der Waals surface area contributed by atoms with Crippen LogP contribution in [0.1, 0.15) is 71.3 Å². The Morgan fingerprint density at radius 1 is 1.12 bits per heavy atom. The summed E-state index contributed by atoms with van der Waals surface area (Å²) in [4.78, 5) is 33.4. The minimum absolute atomic E-state index is 0.0419. The molecule has 1 heterocycles. The topological polar surface area (TPSA) is 80.2 Å². The Hall–Kier alpha value is -2.57. The van der Waals surface area contributed by atoms with Crippen LogP contribution in [-0.2, 0) is 21.0 Å². The van der Waals surface area contributed by atoms with E-state index in [1.807, 2.05) is 56.0 Å². The van der Waals surface area contributed by atoms with Gasteiger partial charge in [-0.05, 0) is 57.9 Å². The van der Waals surface area contributed by atoms with E-state index in [1.165, 1.54) is 6.42 Å². The zero-order valence-electron chi connectivity index (χ0n) is 19.6. The number of benzene rings is 1. The van der Waals surface area contributed by atoms with E-state index in [-0.39, 0.29) is 17.9 Å². The highest BCUT2D eigenvalue weighted by Gasteiger charge is 2.38. The molecule has 1 N–H and O–H groups in total. The average molecular weight is 444 g/mol. The molecule has 1 aliphatic carbocycles. The molecule has 1 unspecified atom stereocenters. The smallest absolute Gasteiger partial charge is 0.408 e. The number of rotatable bonds is 7. The number of oxime groups is 1. The van der Waals surface area contributed by atoms with Gasteiger partial charge in [0.25, 0.3) is 0 Å². The number of carbonyl (C=O) groups excluding carboxylic acids is 2. The predicted octanol–water partition coefficient (Wildman–Crippen LogP) is 4.65. The highest BCUT2D eigenvalue weighted by molar-refractivity contribution is 5.88.